The van der Waals surface area contributed by atoms with E-state index >= 15 is 0 Å². The largest absolute Gasteiger partial charge is 0.481 e. The molecule has 0 spiro atoms. The number of ether oxygens (including phenoxy) is 1. The highest BCUT2D eigenvalue weighted by Gasteiger charge is 2.26. The van der Waals surface area contributed by atoms with Crippen molar-refractivity contribution in [2.45, 2.75) is 25.8 Å². The molecule has 1 atom stereocenters. The van der Waals surface area contributed by atoms with E-state index in [0.717, 1.165) is 23.3 Å². The topological polar surface area (TPSA) is 38.3 Å². The van der Waals surface area contributed by atoms with Crippen LogP contribution < -0.4 is 9.64 Å². The van der Waals surface area contributed by atoms with Crippen molar-refractivity contribution in [2.75, 3.05) is 23.9 Å². The van der Waals surface area contributed by atoms with Crippen LogP contribution in [0.2, 0.25) is 0 Å². The third-order valence-electron chi connectivity index (χ3n) is 3.03. The predicted molar refractivity (Wildman–Crippen MR) is 67.5 cm³/mol. The van der Waals surface area contributed by atoms with Gasteiger partial charge >= 0.3 is 0 Å². The van der Waals surface area contributed by atoms with Crippen molar-refractivity contribution in [3.8, 4) is 5.88 Å². The maximum Gasteiger partial charge on any atom is 0.221 e. The summed E-state index contributed by atoms with van der Waals surface area (Å²) in [5, 5.41) is 0.985. The summed E-state index contributed by atoms with van der Waals surface area (Å²) in [6.07, 6.45) is 4.02. The fourth-order valence-corrected chi connectivity index (χ4v) is 2.87. The molecule has 1 saturated heterocycles. The van der Waals surface area contributed by atoms with Crippen molar-refractivity contribution in [2.24, 2.45) is 0 Å². The highest BCUT2D eigenvalue weighted by atomic mass is 79.9. The molecule has 1 aliphatic heterocycles. The first-order valence-electron chi connectivity index (χ1n) is 5.46. The summed E-state index contributed by atoms with van der Waals surface area (Å²) in [5.74, 6) is 1.68. The average Bonchev–Trinajstić information content (AvgIpc) is 2.77. The molecule has 1 unspecified atom stereocenters. The summed E-state index contributed by atoms with van der Waals surface area (Å²) in [6, 6.07) is 0.540. The summed E-state index contributed by atoms with van der Waals surface area (Å²) in [4.78, 5) is 10.8. The van der Waals surface area contributed by atoms with Gasteiger partial charge in [-0.3, -0.25) is 0 Å². The Morgan fingerprint density at radius 1 is 1.56 bits per heavy atom. The first-order chi connectivity index (χ1) is 7.77. The minimum absolute atomic E-state index is 0.540. The maximum atomic E-state index is 5.22. The number of hydrogen-bond donors (Lipinski definition) is 0. The van der Waals surface area contributed by atoms with E-state index in [2.05, 4.69) is 30.8 Å². The van der Waals surface area contributed by atoms with Crippen LogP contribution >= 0.6 is 15.9 Å². The van der Waals surface area contributed by atoms with Gasteiger partial charge in [0.2, 0.25) is 5.88 Å². The summed E-state index contributed by atoms with van der Waals surface area (Å²) in [5.41, 5.74) is 1.03. The smallest absolute Gasteiger partial charge is 0.221 e. The second-order valence-electron chi connectivity index (χ2n) is 3.98. The molecule has 2 heterocycles. The average molecular weight is 286 g/mol. The van der Waals surface area contributed by atoms with Gasteiger partial charge in [0.25, 0.3) is 0 Å². The third-order valence-corrected chi connectivity index (χ3v) is 3.78. The molecule has 0 radical (unpaired) electrons. The summed E-state index contributed by atoms with van der Waals surface area (Å²) in [6.45, 7) is 3.08. The van der Waals surface area contributed by atoms with Crippen LogP contribution in [-0.4, -0.2) is 35.0 Å². The Hall–Kier alpha value is -0.840. The van der Waals surface area contributed by atoms with Crippen molar-refractivity contribution >= 4 is 21.7 Å². The van der Waals surface area contributed by atoms with Crippen LogP contribution in [-0.2, 0) is 0 Å². The lowest BCUT2D eigenvalue weighted by molar-refractivity contribution is 0.393. The highest BCUT2D eigenvalue weighted by molar-refractivity contribution is 9.09. The molecule has 0 bridgehead atoms. The number of aromatic nitrogens is 2. The molecule has 16 heavy (non-hydrogen) atoms. The second-order valence-corrected chi connectivity index (χ2v) is 4.62. The van der Waals surface area contributed by atoms with Gasteiger partial charge in [-0.25, -0.2) is 9.97 Å². The van der Waals surface area contributed by atoms with Crippen molar-refractivity contribution in [1.82, 2.24) is 9.97 Å². The zero-order chi connectivity index (χ0) is 11.5. The van der Waals surface area contributed by atoms with Crippen molar-refractivity contribution < 1.29 is 4.74 Å². The van der Waals surface area contributed by atoms with Crippen molar-refractivity contribution in [1.29, 1.82) is 0 Å². The normalized spacial score (nSPS) is 20.2. The molecule has 0 aliphatic carbocycles. The number of halogens is 1. The van der Waals surface area contributed by atoms with Gasteiger partial charge < -0.3 is 9.64 Å². The van der Waals surface area contributed by atoms with E-state index in [1.807, 2.05) is 6.92 Å². The molecule has 0 N–H and O–H groups in total. The van der Waals surface area contributed by atoms with E-state index in [-0.39, 0.29) is 0 Å². The molecule has 2 rings (SSSR count). The highest BCUT2D eigenvalue weighted by Crippen LogP contribution is 2.30. The van der Waals surface area contributed by atoms with Crippen molar-refractivity contribution in [3.63, 3.8) is 0 Å². The van der Waals surface area contributed by atoms with Crippen LogP contribution in [0.15, 0.2) is 6.33 Å². The predicted octanol–water partition coefficient (Wildman–Crippen LogP) is 2.16. The Morgan fingerprint density at radius 2 is 2.38 bits per heavy atom. The van der Waals surface area contributed by atoms with Gasteiger partial charge in [0.15, 0.2) is 0 Å². The Bertz CT molecular complexity index is 372. The van der Waals surface area contributed by atoms with Crippen molar-refractivity contribution in [3.05, 3.63) is 11.9 Å². The SMILES string of the molecule is COc1ncnc(N2CCCC2CBr)c1C. The first kappa shape index (κ1) is 11.6. The summed E-state index contributed by atoms with van der Waals surface area (Å²) in [7, 11) is 1.64. The Kier molecular flexibility index (Phi) is 3.63. The monoisotopic (exact) mass is 285 g/mol. The number of anilines is 1. The first-order valence-corrected chi connectivity index (χ1v) is 6.58. The van der Waals surface area contributed by atoms with Crippen LogP contribution in [0.25, 0.3) is 0 Å². The lowest BCUT2D eigenvalue weighted by atomic mass is 10.2. The van der Waals surface area contributed by atoms with Gasteiger partial charge in [-0.1, -0.05) is 15.9 Å². The second kappa shape index (κ2) is 4.99. The number of hydrogen-bond acceptors (Lipinski definition) is 4. The molecule has 1 aromatic heterocycles. The molecule has 0 amide bonds. The molecule has 0 saturated carbocycles. The maximum absolute atomic E-state index is 5.22. The van der Waals surface area contributed by atoms with Crippen LogP contribution in [0.4, 0.5) is 5.82 Å². The zero-order valence-corrected chi connectivity index (χ0v) is 11.2. The minimum Gasteiger partial charge on any atom is -0.481 e. The molecular formula is C11H16BrN3O. The van der Waals surface area contributed by atoms with Crippen LogP contribution in [0.5, 0.6) is 5.88 Å². The van der Waals surface area contributed by atoms with Gasteiger partial charge in [0, 0.05) is 17.9 Å². The summed E-state index contributed by atoms with van der Waals surface area (Å²) >= 11 is 3.56. The van der Waals surface area contributed by atoms with Gasteiger partial charge in [-0.2, -0.15) is 0 Å². The lowest BCUT2D eigenvalue weighted by Crippen LogP contribution is -2.31. The van der Waals surface area contributed by atoms with E-state index in [9.17, 15) is 0 Å². The standard InChI is InChI=1S/C11H16BrN3O/c1-8-10(13-7-14-11(8)16-2)15-5-3-4-9(15)6-12/h7,9H,3-6H2,1-2H3. The quantitative estimate of drug-likeness (QED) is 0.798. The van der Waals surface area contributed by atoms with Crippen LogP contribution in [0.1, 0.15) is 18.4 Å². The van der Waals surface area contributed by atoms with Crippen LogP contribution in [0.3, 0.4) is 0 Å². The van der Waals surface area contributed by atoms with Gasteiger partial charge in [0.1, 0.15) is 12.1 Å². The third kappa shape index (κ3) is 2.00. The molecule has 1 aliphatic rings. The Morgan fingerprint density at radius 3 is 3.06 bits per heavy atom. The molecular weight excluding hydrogens is 270 g/mol. The van der Waals surface area contributed by atoms with E-state index in [1.54, 1.807) is 13.4 Å². The number of rotatable bonds is 3. The molecule has 1 aromatic rings. The van der Waals surface area contributed by atoms with Gasteiger partial charge in [-0.15, -0.1) is 0 Å². The zero-order valence-electron chi connectivity index (χ0n) is 9.61. The molecule has 5 heteroatoms. The molecule has 1 fully saturated rings. The number of nitrogens with zero attached hydrogens (tertiary/aromatic N) is 3. The minimum atomic E-state index is 0.540. The van der Waals surface area contributed by atoms with Gasteiger partial charge in [0.05, 0.1) is 12.7 Å². The van der Waals surface area contributed by atoms with Gasteiger partial charge in [-0.05, 0) is 19.8 Å². The summed E-state index contributed by atoms with van der Waals surface area (Å²) < 4.78 is 5.22. The molecule has 88 valence electrons. The number of methoxy groups -OCH3 is 1. The Labute approximate surface area is 104 Å². The Balaban J connectivity index is 2.32. The van der Waals surface area contributed by atoms with E-state index in [4.69, 9.17) is 4.74 Å². The molecule has 0 aromatic carbocycles. The number of alkyl halides is 1. The fraction of sp³-hybridized carbons (Fsp3) is 0.636. The lowest BCUT2D eigenvalue weighted by Gasteiger charge is -2.25. The van der Waals surface area contributed by atoms with E-state index in [0.29, 0.717) is 11.9 Å². The van der Waals surface area contributed by atoms with Crippen LogP contribution in [0, 0.1) is 6.92 Å². The van der Waals surface area contributed by atoms with E-state index < -0.39 is 0 Å². The van der Waals surface area contributed by atoms with E-state index in [1.165, 1.54) is 12.8 Å². The molecule has 4 nitrogen and oxygen atoms in total. The fourth-order valence-electron chi connectivity index (χ4n) is 2.20.